The van der Waals surface area contributed by atoms with E-state index in [0.717, 1.165) is 12.8 Å². The summed E-state index contributed by atoms with van der Waals surface area (Å²) >= 11 is 0. The molecule has 0 aliphatic heterocycles. The summed E-state index contributed by atoms with van der Waals surface area (Å²) in [4.78, 5) is 23.3. The first-order valence-electron chi connectivity index (χ1n) is 6.04. The van der Waals surface area contributed by atoms with Crippen molar-refractivity contribution in [2.45, 2.75) is 18.9 Å². The first kappa shape index (κ1) is 11.7. The minimum Gasteiger partial charge on any atom is -0.465 e. The van der Waals surface area contributed by atoms with Gasteiger partial charge < -0.3 is 4.74 Å². The fraction of sp³-hybridized carbons (Fsp3) is 0.308. The minimum atomic E-state index is -0.469. The number of ether oxygens (including phenoxy) is 1. The molecule has 0 unspecified atom stereocenters. The van der Waals surface area contributed by atoms with E-state index in [0.29, 0.717) is 17.3 Å². The zero-order chi connectivity index (χ0) is 13.4. The Balaban J connectivity index is 2.02. The first-order chi connectivity index (χ1) is 9.19. The van der Waals surface area contributed by atoms with Crippen LogP contribution in [0.1, 0.15) is 29.2 Å². The summed E-state index contributed by atoms with van der Waals surface area (Å²) in [5.74, 6) is -0.469. The third-order valence-electron chi connectivity index (χ3n) is 3.12. The van der Waals surface area contributed by atoms with Crippen LogP contribution in [0.2, 0.25) is 0 Å². The summed E-state index contributed by atoms with van der Waals surface area (Å²) in [7, 11) is 1.31. The molecule has 1 fully saturated rings. The van der Waals surface area contributed by atoms with E-state index in [1.54, 1.807) is 6.20 Å². The number of carbonyl (C=O) groups is 1. The van der Waals surface area contributed by atoms with Gasteiger partial charge in [0.25, 0.3) is 5.56 Å². The number of nitrogens with zero attached hydrogens (tertiary/aromatic N) is 3. The lowest BCUT2D eigenvalue weighted by Crippen LogP contribution is -2.18. The van der Waals surface area contributed by atoms with Crippen molar-refractivity contribution < 1.29 is 9.53 Å². The second-order valence-electron chi connectivity index (χ2n) is 4.53. The number of hydrogen-bond donors (Lipinski definition) is 0. The average Bonchev–Trinajstić information content (AvgIpc) is 3.17. The second kappa shape index (κ2) is 4.38. The van der Waals surface area contributed by atoms with Crippen molar-refractivity contribution in [2.24, 2.45) is 0 Å². The molecular formula is C13H13N3O3. The van der Waals surface area contributed by atoms with Gasteiger partial charge in [-0.15, -0.1) is 0 Å². The normalized spacial score (nSPS) is 14.4. The van der Waals surface area contributed by atoms with E-state index in [2.05, 4.69) is 9.84 Å². The molecule has 98 valence electrons. The summed E-state index contributed by atoms with van der Waals surface area (Å²) < 4.78 is 7.90. The molecule has 0 spiro atoms. The van der Waals surface area contributed by atoms with Crippen LogP contribution in [0.3, 0.4) is 0 Å². The monoisotopic (exact) mass is 259 g/mol. The molecule has 1 aliphatic carbocycles. The maximum atomic E-state index is 11.9. The highest BCUT2D eigenvalue weighted by Crippen LogP contribution is 2.34. The molecule has 2 aromatic heterocycles. The van der Waals surface area contributed by atoms with E-state index in [9.17, 15) is 9.59 Å². The summed E-state index contributed by atoms with van der Waals surface area (Å²) in [6.45, 7) is 0. The van der Waals surface area contributed by atoms with E-state index in [4.69, 9.17) is 0 Å². The number of carbonyl (C=O) groups excluding carboxylic acids is 1. The molecule has 6 heteroatoms. The van der Waals surface area contributed by atoms with Crippen LogP contribution in [-0.4, -0.2) is 27.4 Å². The molecule has 3 rings (SSSR count). The van der Waals surface area contributed by atoms with Gasteiger partial charge >= 0.3 is 5.97 Å². The zero-order valence-electron chi connectivity index (χ0n) is 10.4. The third kappa shape index (κ3) is 2.16. The molecule has 0 aromatic carbocycles. The van der Waals surface area contributed by atoms with Crippen molar-refractivity contribution >= 4 is 5.97 Å². The van der Waals surface area contributed by atoms with Gasteiger partial charge in [-0.3, -0.25) is 14.0 Å². The minimum absolute atomic E-state index is 0.206. The largest absolute Gasteiger partial charge is 0.465 e. The topological polar surface area (TPSA) is 66.1 Å². The van der Waals surface area contributed by atoms with Crippen LogP contribution in [-0.2, 0) is 4.74 Å². The Hall–Kier alpha value is -2.37. The van der Waals surface area contributed by atoms with Crippen LogP contribution >= 0.6 is 0 Å². The maximum Gasteiger partial charge on any atom is 0.339 e. The van der Waals surface area contributed by atoms with Crippen LogP contribution in [0.5, 0.6) is 0 Å². The van der Waals surface area contributed by atoms with Gasteiger partial charge in [0.05, 0.1) is 30.6 Å². The van der Waals surface area contributed by atoms with Crippen LogP contribution in [0.25, 0.3) is 5.69 Å². The predicted molar refractivity (Wildman–Crippen MR) is 67.4 cm³/mol. The van der Waals surface area contributed by atoms with Gasteiger partial charge in [-0.1, -0.05) is 0 Å². The van der Waals surface area contributed by atoms with Crippen molar-refractivity contribution in [3.8, 4) is 5.69 Å². The summed E-state index contributed by atoms with van der Waals surface area (Å²) in [6.07, 6.45) is 7.17. The molecule has 1 saturated carbocycles. The predicted octanol–water partition coefficient (Wildman–Crippen LogP) is 1.16. The van der Waals surface area contributed by atoms with E-state index in [1.807, 2.05) is 10.9 Å². The molecular weight excluding hydrogens is 246 g/mol. The molecule has 0 saturated heterocycles. The number of hydrogen-bond acceptors (Lipinski definition) is 4. The summed E-state index contributed by atoms with van der Waals surface area (Å²) in [6, 6.07) is 3.25. The highest BCUT2D eigenvalue weighted by Gasteiger charge is 2.24. The quantitative estimate of drug-likeness (QED) is 0.776. The Morgan fingerprint density at radius 3 is 2.84 bits per heavy atom. The van der Waals surface area contributed by atoms with E-state index in [-0.39, 0.29) is 5.56 Å². The van der Waals surface area contributed by atoms with E-state index in [1.165, 1.54) is 30.0 Å². The van der Waals surface area contributed by atoms with E-state index < -0.39 is 5.97 Å². The van der Waals surface area contributed by atoms with Gasteiger partial charge in [0.2, 0.25) is 0 Å². The Morgan fingerprint density at radius 2 is 2.16 bits per heavy atom. The maximum absolute atomic E-state index is 11.9. The number of rotatable bonds is 3. The van der Waals surface area contributed by atoms with Crippen molar-refractivity contribution in [1.29, 1.82) is 0 Å². The molecule has 0 radical (unpaired) electrons. The zero-order valence-corrected chi connectivity index (χ0v) is 10.4. The van der Waals surface area contributed by atoms with Crippen LogP contribution in [0.15, 0.2) is 35.5 Å². The molecule has 0 atom stereocenters. The SMILES string of the molecule is COC(=O)c1ccc(=O)n(-c2cnn(C3CC3)c2)c1. The van der Waals surface area contributed by atoms with Crippen molar-refractivity contribution in [1.82, 2.24) is 14.3 Å². The number of esters is 1. The first-order valence-corrected chi connectivity index (χ1v) is 6.04. The van der Waals surface area contributed by atoms with Gasteiger partial charge in [0.1, 0.15) is 0 Å². The molecule has 2 heterocycles. The standard InChI is InChI=1S/C13H13N3O3/c1-19-13(18)9-2-5-12(17)15(7-9)11-6-14-16(8-11)10-3-4-10/h2,5-8,10H,3-4H2,1H3. The van der Waals surface area contributed by atoms with Gasteiger partial charge in [-0.2, -0.15) is 5.10 Å². The summed E-state index contributed by atoms with van der Waals surface area (Å²) in [5, 5.41) is 4.23. The Bertz CT molecular complexity index is 682. The smallest absolute Gasteiger partial charge is 0.339 e. The van der Waals surface area contributed by atoms with Crippen LogP contribution in [0, 0.1) is 0 Å². The highest BCUT2D eigenvalue weighted by atomic mass is 16.5. The number of aromatic nitrogens is 3. The molecule has 2 aromatic rings. The van der Waals surface area contributed by atoms with Crippen molar-refractivity contribution in [2.75, 3.05) is 7.11 Å². The lowest BCUT2D eigenvalue weighted by molar-refractivity contribution is 0.0600. The van der Waals surface area contributed by atoms with Crippen molar-refractivity contribution in [3.63, 3.8) is 0 Å². The van der Waals surface area contributed by atoms with Gasteiger partial charge in [-0.05, 0) is 18.9 Å². The molecule has 0 N–H and O–H groups in total. The lowest BCUT2D eigenvalue weighted by Gasteiger charge is -2.04. The molecule has 19 heavy (non-hydrogen) atoms. The molecule has 0 bridgehead atoms. The fourth-order valence-electron chi connectivity index (χ4n) is 1.92. The second-order valence-corrected chi connectivity index (χ2v) is 4.53. The molecule has 6 nitrogen and oxygen atoms in total. The fourth-order valence-corrected chi connectivity index (χ4v) is 1.92. The van der Waals surface area contributed by atoms with Crippen molar-refractivity contribution in [3.05, 3.63) is 46.6 Å². The average molecular weight is 259 g/mol. The number of pyridine rings is 1. The molecule has 0 amide bonds. The summed E-state index contributed by atoms with van der Waals surface area (Å²) in [5.41, 5.74) is 0.784. The van der Waals surface area contributed by atoms with E-state index >= 15 is 0 Å². The van der Waals surface area contributed by atoms with Gasteiger partial charge in [0.15, 0.2) is 0 Å². The number of methoxy groups -OCH3 is 1. The Labute approximate surface area is 109 Å². The van der Waals surface area contributed by atoms with Gasteiger partial charge in [0, 0.05) is 18.5 Å². The third-order valence-corrected chi connectivity index (χ3v) is 3.12. The lowest BCUT2D eigenvalue weighted by atomic mass is 10.3. The highest BCUT2D eigenvalue weighted by molar-refractivity contribution is 5.88. The molecule has 1 aliphatic rings. The Morgan fingerprint density at radius 1 is 1.37 bits per heavy atom. The van der Waals surface area contributed by atoms with Crippen LogP contribution < -0.4 is 5.56 Å². The Kier molecular flexibility index (Phi) is 2.70. The van der Waals surface area contributed by atoms with Crippen LogP contribution in [0.4, 0.5) is 0 Å². The van der Waals surface area contributed by atoms with Gasteiger partial charge in [-0.25, -0.2) is 4.79 Å².